The van der Waals surface area contributed by atoms with Gasteiger partial charge >= 0.3 is 0 Å². The third-order valence-corrected chi connectivity index (χ3v) is 2.73. The zero-order chi connectivity index (χ0) is 13.1. The predicted octanol–water partition coefficient (Wildman–Crippen LogP) is 2.80. The number of hydrogen-bond acceptors (Lipinski definition) is 2. The largest absolute Gasteiger partial charge is 0.358 e. The predicted molar refractivity (Wildman–Crippen MR) is 71.2 cm³/mol. The lowest BCUT2D eigenvalue weighted by atomic mass is 10.0. The van der Waals surface area contributed by atoms with Gasteiger partial charge in [0.25, 0.3) is 0 Å². The quantitative estimate of drug-likeness (QED) is 0.732. The van der Waals surface area contributed by atoms with E-state index in [1.54, 1.807) is 25.2 Å². The van der Waals surface area contributed by atoms with Crippen LogP contribution < -0.4 is 0 Å². The van der Waals surface area contributed by atoms with Crippen LogP contribution in [-0.2, 0) is 0 Å². The Morgan fingerprint density at radius 1 is 1.18 bits per heavy atom. The number of allylic oxidation sites excluding steroid dienone is 6. The Kier molecular flexibility index (Phi) is 4.05. The minimum absolute atomic E-state index is 0.400. The lowest BCUT2D eigenvalue weighted by molar-refractivity contribution is -0.0863. The standard InChI is InChI=1S/C15H18O2/c1-5-9-11-12(10-6-2)14(8-4)15(16,17)13(11)7-3/h5-10,16-17H,1,4H2,2-3H3/b10-6-,11-9-,13-7+. The van der Waals surface area contributed by atoms with Gasteiger partial charge in [0.1, 0.15) is 0 Å². The minimum Gasteiger partial charge on any atom is -0.358 e. The Bertz CT molecular complexity index is 457. The van der Waals surface area contributed by atoms with Crippen molar-refractivity contribution in [2.24, 2.45) is 0 Å². The molecule has 0 amide bonds. The molecule has 1 aliphatic rings. The van der Waals surface area contributed by atoms with Gasteiger partial charge in [0.15, 0.2) is 0 Å². The van der Waals surface area contributed by atoms with Crippen molar-refractivity contribution in [3.8, 4) is 0 Å². The van der Waals surface area contributed by atoms with Gasteiger partial charge in [0, 0.05) is 11.1 Å². The molecule has 1 aliphatic carbocycles. The molecule has 2 heteroatoms. The number of hydrogen-bond donors (Lipinski definition) is 2. The number of rotatable bonds is 3. The first-order valence-corrected chi connectivity index (χ1v) is 5.49. The summed E-state index contributed by atoms with van der Waals surface area (Å²) in [4.78, 5) is 0. The van der Waals surface area contributed by atoms with E-state index in [-0.39, 0.29) is 0 Å². The summed E-state index contributed by atoms with van der Waals surface area (Å²) in [6.07, 6.45) is 10.2. The van der Waals surface area contributed by atoms with E-state index in [1.165, 1.54) is 6.08 Å². The molecule has 0 saturated heterocycles. The first kappa shape index (κ1) is 13.4. The summed E-state index contributed by atoms with van der Waals surface area (Å²) < 4.78 is 0. The number of aliphatic hydroxyl groups is 2. The van der Waals surface area contributed by atoms with E-state index >= 15 is 0 Å². The van der Waals surface area contributed by atoms with Crippen LogP contribution in [0.15, 0.2) is 71.9 Å². The molecule has 0 fully saturated rings. The highest BCUT2D eigenvalue weighted by Crippen LogP contribution is 2.43. The SMILES string of the molecule is C=C/C=C1/C(/C=C\C)=C(C=C)C(O)(O)/C1=C/C. The monoisotopic (exact) mass is 230 g/mol. The molecule has 0 saturated carbocycles. The summed E-state index contributed by atoms with van der Waals surface area (Å²) in [5, 5.41) is 20.3. The summed E-state index contributed by atoms with van der Waals surface area (Å²) in [6, 6.07) is 0. The third-order valence-electron chi connectivity index (χ3n) is 2.73. The van der Waals surface area contributed by atoms with Crippen LogP contribution in [0.5, 0.6) is 0 Å². The fraction of sp³-hybridized carbons (Fsp3) is 0.200. The molecule has 0 bridgehead atoms. The van der Waals surface area contributed by atoms with Gasteiger partial charge in [-0.1, -0.05) is 49.6 Å². The van der Waals surface area contributed by atoms with Gasteiger partial charge in [-0.05, 0) is 25.0 Å². The van der Waals surface area contributed by atoms with Gasteiger partial charge in [0.2, 0.25) is 5.79 Å². The highest BCUT2D eigenvalue weighted by molar-refractivity contribution is 5.68. The molecule has 0 aliphatic heterocycles. The molecule has 0 aromatic carbocycles. The highest BCUT2D eigenvalue weighted by Gasteiger charge is 2.41. The van der Waals surface area contributed by atoms with E-state index in [2.05, 4.69) is 13.2 Å². The molecule has 90 valence electrons. The van der Waals surface area contributed by atoms with Crippen LogP contribution in [0.1, 0.15) is 13.8 Å². The molecule has 0 aromatic heterocycles. The van der Waals surface area contributed by atoms with Crippen molar-refractivity contribution in [1.82, 2.24) is 0 Å². The summed E-state index contributed by atoms with van der Waals surface area (Å²) in [5.74, 6) is -1.97. The van der Waals surface area contributed by atoms with Crippen LogP contribution in [0.4, 0.5) is 0 Å². The van der Waals surface area contributed by atoms with Crippen LogP contribution in [0.2, 0.25) is 0 Å². The molecule has 17 heavy (non-hydrogen) atoms. The fourth-order valence-electron chi connectivity index (χ4n) is 2.06. The molecule has 0 spiro atoms. The van der Waals surface area contributed by atoms with Crippen molar-refractivity contribution in [3.05, 3.63) is 71.9 Å². The Balaban J connectivity index is 3.59. The van der Waals surface area contributed by atoms with E-state index in [1.807, 2.05) is 19.1 Å². The van der Waals surface area contributed by atoms with Crippen molar-refractivity contribution in [2.45, 2.75) is 19.6 Å². The molecule has 0 atom stereocenters. The summed E-state index contributed by atoms with van der Waals surface area (Å²) in [5.41, 5.74) is 2.39. The second kappa shape index (κ2) is 5.13. The molecule has 2 nitrogen and oxygen atoms in total. The molecular formula is C15H18O2. The minimum atomic E-state index is -1.97. The average Bonchev–Trinajstić information content (AvgIpc) is 2.47. The van der Waals surface area contributed by atoms with Crippen LogP contribution in [-0.4, -0.2) is 16.0 Å². The Morgan fingerprint density at radius 3 is 2.24 bits per heavy atom. The van der Waals surface area contributed by atoms with Crippen LogP contribution in [0.25, 0.3) is 0 Å². The molecule has 1 rings (SSSR count). The summed E-state index contributed by atoms with van der Waals surface area (Å²) in [7, 11) is 0. The van der Waals surface area contributed by atoms with Crippen molar-refractivity contribution in [1.29, 1.82) is 0 Å². The smallest absolute Gasteiger partial charge is 0.218 e. The Labute approximate surface area is 102 Å². The molecule has 2 N–H and O–H groups in total. The lowest BCUT2D eigenvalue weighted by Gasteiger charge is -2.19. The molecule has 0 unspecified atom stereocenters. The van der Waals surface area contributed by atoms with E-state index < -0.39 is 5.79 Å². The maximum absolute atomic E-state index is 10.2. The van der Waals surface area contributed by atoms with Gasteiger partial charge in [-0.2, -0.15) is 0 Å². The summed E-state index contributed by atoms with van der Waals surface area (Å²) >= 11 is 0. The van der Waals surface area contributed by atoms with Crippen molar-refractivity contribution < 1.29 is 10.2 Å². The maximum Gasteiger partial charge on any atom is 0.218 e. The third kappa shape index (κ3) is 2.09. The lowest BCUT2D eigenvalue weighted by Crippen LogP contribution is -2.29. The Morgan fingerprint density at radius 2 is 1.82 bits per heavy atom. The molecular weight excluding hydrogens is 212 g/mol. The first-order chi connectivity index (χ1) is 8.04. The van der Waals surface area contributed by atoms with Crippen molar-refractivity contribution >= 4 is 0 Å². The highest BCUT2D eigenvalue weighted by atomic mass is 16.5. The van der Waals surface area contributed by atoms with Gasteiger partial charge in [-0.15, -0.1) is 0 Å². The molecule has 0 heterocycles. The van der Waals surface area contributed by atoms with E-state index in [0.29, 0.717) is 11.1 Å². The van der Waals surface area contributed by atoms with Gasteiger partial charge < -0.3 is 10.2 Å². The summed E-state index contributed by atoms with van der Waals surface area (Å²) in [6.45, 7) is 10.9. The zero-order valence-electron chi connectivity index (χ0n) is 10.3. The van der Waals surface area contributed by atoms with Gasteiger partial charge in [-0.25, -0.2) is 0 Å². The van der Waals surface area contributed by atoms with Crippen molar-refractivity contribution in [2.75, 3.05) is 0 Å². The van der Waals surface area contributed by atoms with Gasteiger partial charge in [0.05, 0.1) is 0 Å². The second-order valence-electron chi connectivity index (χ2n) is 3.72. The molecule has 0 radical (unpaired) electrons. The topological polar surface area (TPSA) is 40.5 Å². The van der Waals surface area contributed by atoms with Crippen LogP contribution in [0.3, 0.4) is 0 Å². The maximum atomic E-state index is 10.2. The zero-order valence-corrected chi connectivity index (χ0v) is 10.3. The normalized spacial score (nSPS) is 24.0. The van der Waals surface area contributed by atoms with E-state index in [4.69, 9.17) is 0 Å². The van der Waals surface area contributed by atoms with Crippen molar-refractivity contribution in [3.63, 3.8) is 0 Å². The van der Waals surface area contributed by atoms with Crippen LogP contribution >= 0.6 is 0 Å². The second-order valence-corrected chi connectivity index (χ2v) is 3.72. The van der Waals surface area contributed by atoms with Gasteiger partial charge in [-0.3, -0.25) is 0 Å². The first-order valence-electron chi connectivity index (χ1n) is 5.49. The fourth-order valence-corrected chi connectivity index (χ4v) is 2.06. The van der Waals surface area contributed by atoms with E-state index in [9.17, 15) is 10.2 Å². The average molecular weight is 230 g/mol. The van der Waals surface area contributed by atoms with E-state index in [0.717, 1.165) is 11.1 Å². The Hall–Kier alpha value is -1.64. The molecule has 0 aromatic rings. The van der Waals surface area contributed by atoms with Crippen LogP contribution in [0, 0.1) is 0 Å².